The summed E-state index contributed by atoms with van der Waals surface area (Å²) in [4.78, 5) is 25.9. The quantitative estimate of drug-likeness (QED) is 0.609. The summed E-state index contributed by atoms with van der Waals surface area (Å²) in [6.45, 7) is 2.66. The van der Waals surface area contributed by atoms with Crippen LogP contribution < -0.4 is 11.1 Å². The van der Waals surface area contributed by atoms with Gasteiger partial charge < -0.3 is 15.8 Å². The molecular weight excluding hydrogens is 300 g/mol. The number of amides is 1. The molecule has 2 atom stereocenters. The zero-order valence-electron chi connectivity index (χ0n) is 12.9. The van der Waals surface area contributed by atoms with Crippen LogP contribution in [0.25, 0.3) is 0 Å². The van der Waals surface area contributed by atoms with Crippen molar-refractivity contribution in [3.63, 3.8) is 0 Å². The van der Waals surface area contributed by atoms with Crippen LogP contribution in [0, 0.1) is 15.5 Å². The summed E-state index contributed by atoms with van der Waals surface area (Å²) < 4.78 is 5.79. The van der Waals surface area contributed by atoms with E-state index < -0.39 is 10.8 Å². The summed E-state index contributed by atoms with van der Waals surface area (Å²) in [5.74, 6) is -0.415. The second kappa shape index (κ2) is 5.77. The highest BCUT2D eigenvalue weighted by atomic mass is 16.6. The maximum Gasteiger partial charge on any atom is 0.288 e. The molecule has 23 heavy (non-hydrogen) atoms. The molecule has 1 aromatic heterocycles. The van der Waals surface area contributed by atoms with Crippen molar-refractivity contribution in [3.8, 4) is 0 Å². The molecule has 2 saturated carbocycles. The first kappa shape index (κ1) is 15.7. The van der Waals surface area contributed by atoms with Crippen LogP contribution in [0.4, 0.5) is 11.5 Å². The van der Waals surface area contributed by atoms with E-state index in [1.165, 1.54) is 6.07 Å². The number of hydrogen-bond acceptors (Lipinski definition) is 6. The average Bonchev–Trinajstić information content (AvgIpc) is 2.44. The summed E-state index contributed by atoms with van der Waals surface area (Å²) in [7, 11) is 0. The normalized spacial score (nSPS) is 24.6. The van der Waals surface area contributed by atoms with Gasteiger partial charge in [0.25, 0.3) is 11.6 Å². The molecule has 0 aromatic carbocycles. The minimum absolute atomic E-state index is 0.0496. The Morgan fingerprint density at radius 3 is 2.87 bits per heavy atom. The predicted octanol–water partition coefficient (Wildman–Crippen LogP) is 1.85. The van der Waals surface area contributed by atoms with Gasteiger partial charge in [-0.05, 0) is 26.2 Å². The SMILES string of the molecule is CCOC1CC(Nc2ncc([N+](=O)[O-])cc2C(N)=O)C12CCC2. The smallest absolute Gasteiger partial charge is 0.288 e. The number of nitrogens with zero attached hydrogens (tertiary/aromatic N) is 2. The third-order valence-corrected chi connectivity index (χ3v) is 5.10. The number of nitrogens with two attached hydrogens (primary N) is 1. The van der Waals surface area contributed by atoms with Crippen LogP contribution in [0.15, 0.2) is 12.3 Å². The first-order valence-corrected chi connectivity index (χ1v) is 7.80. The predicted molar refractivity (Wildman–Crippen MR) is 83.1 cm³/mol. The van der Waals surface area contributed by atoms with E-state index in [0.29, 0.717) is 12.4 Å². The van der Waals surface area contributed by atoms with Gasteiger partial charge in [-0.15, -0.1) is 0 Å². The fourth-order valence-corrected chi connectivity index (χ4v) is 3.66. The first-order chi connectivity index (χ1) is 11.0. The lowest BCUT2D eigenvalue weighted by Gasteiger charge is -2.61. The summed E-state index contributed by atoms with van der Waals surface area (Å²) in [5.41, 5.74) is 5.24. The molecule has 2 unspecified atom stereocenters. The Kier molecular flexibility index (Phi) is 3.93. The number of carbonyl (C=O) groups is 1. The number of anilines is 1. The highest BCUT2D eigenvalue weighted by Gasteiger charge is 2.59. The number of carbonyl (C=O) groups excluding carboxylic acids is 1. The van der Waals surface area contributed by atoms with Crippen LogP contribution in [-0.2, 0) is 4.74 Å². The third kappa shape index (κ3) is 2.52. The second-order valence-electron chi connectivity index (χ2n) is 6.17. The topological polar surface area (TPSA) is 120 Å². The number of primary amides is 1. The van der Waals surface area contributed by atoms with E-state index in [2.05, 4.69) is 10.3 Å². The van der Waals surface area contributed by atoms with Crippen molar-refractivity contribution in [2.24, 2.45) is 11.1 Å². The zero-order chi connectivity index (χ0) is 16.6. The molecule has 0 saturated heterocycles. The minimum atomic E-state index is -0.730. The number of pyridine rings is 1. The monoisotopic (exact) mass is 320 g/mol. The van der Waals surface area contributed by atoms with Gasteiger partial charge in [-0.2, -0.15) is 0 Å². The van der Waals surface area contributed by atoms with Crippen LogP contribution in [-0.4, -0.2) is 34.6 Å². The molecule has 2 fully saturated rings. The largest absolute Gasteiger partial charge is 0.378 e. The number of aromatic nitrogens is 1. The highest BCUT2D eigenvalue weighted by Crippen LogP contribution is 2.58. The van der Waals surface area contributed by atoms with E-state index in [1.54, 1.807) is 0 Å². The molecule has 1 spiro atoms. The Balaban J connectivity index is 1.81. The standard InChI is InChI=1S/C15H20N4O4/c1-2-23-12-7-11(15(12)4-3-5-15)18-14-10(13(16)20)6-9(8-17-14)19(21)22/h6,8,11-12H,2-5,7H2,1H3,(H2,16,20)(H,17,18). The summed E-state index contributed by atoms with van der Waals surface area (Å²) in [6.07, 6.45) is 5.53. The number of nitro groups is 1. The Morgan fingerprint density at radius 1 is 1.61 bits per heavy atom. The second-order valence-corrected chi connectivity index (χ2v) is 6.17. The van der Waals surface area contributed by atoms with Gasteiger partial charge in [0.15, 0.2) is 0 Å². The molecule has 1 aromatic rings. The van der Waals surface area contributed by atoms with Gasteiger partial charge in [0, 0.05) is 24.1 Å². The lowest BCUT2D eigenvalue weighted by molar-refractivity contribution is -0.385. The highest BCUT2D eigenvalue weighted by molar-refractivity contribution is 5.98. The molecule has 124 valence electrons. The molecule has 8 nitrogen and oxygen atoms in total. The lowest BCUT2D eigenvalue weighted by atomic mass is 9.51. The van der Waals surface area contributed by atoms with Crippen LogP contribution in [0.2, 0.25) is 0 Å². The van der Waals surface area contributed by atoms with Crippen molar-refractivity contribution in [2.75, 3.05) is 11.9 Å². The number of ether oxygens (including phenoxy) is 1. The van der Waals surface area contributed by atoms with E-state index in [0.717, 1.165) is 31.9 Å². The number of hydrogen-bond donors (Lipinski definition) is 2. The van der Waals surface area contributed by atoms with Gasteiger partial charge >= 0.3 is 0 Å². The van der Waals surface area contributed by atoms with E-state index in [9.17, 15) is 14.9 Å². The molecule has 0 aliphatic heterocycles. The lowest BCUT2D eigenvalue weighted by Crippen LogP contribution is -2.64. The molecule has 2 aliphatic carbocycles. The molecule has 0 bridgehead atoms. The van der Waals surface area contributed by atoms with Crippen molar-refractivity contribution in [3.05, 3.63) is 27.9 Å². The average molecular weight is 320 g/mol. The van der Waals surface area contributed by atoms with Gasteiger partial charge in [-0.1, -0.05) is 6.42 Å². The van der Waals surface area contributed by atoms with E-state index >= 15 is 0 Å². The minimum Gasteiger partial charge on any atom is -0.378 e. The van der Waals surface area contributed by atoms with Crippen LogP contribution in [0.1, 0.15) is 43.0 Å². The van der Waals surface area contributed by atoms with Crippen LogP contribution >= 0.6 is 0 Å². The summed E-state index contributed by atoms with van der Waals surface area (Å²) >= 11 is 0. The molecule has 2 aliphatic rings. The van der Waals surface area contributed by atoms with Crippen molar-refractivity contribution < 1.29 is 14.5 Å². The Morgan fingerprint density at radius 2 is 2.35 bits per heavy atom. The van der Waals surface area contributed by atoms with Gasteiger partial charge in [-0.25, -0.2) is 4.98 Å². The van der Waals surface area contributed by atoms with Gasteiger partial charge in [0.1, 0.15) is 12.0 Å². The molecule has 1 amide bonds. The Hall–Kier alpha value is -2.22. The van der Waals surface area contributed by atoms with Crippen molar-refractivity contribution >= 4 is 17.4 Å². The van der Waals surface area contributed by atoms with Crippen molar-refractivity contribution in [1.82, 2.24) is 4.98 Å². The summed E-state index contributed by atoms with van der Waals surface area (Å²) in [6, 6.07) is 1.32. The van der Waals surface area contributed by atoms with Gasteiger partial charge in [0.05, 0.1) is 16.6 Å². The first-order valence-electron chi connectivity index (χ1n) is 7.80. The van der Waals surface area contributed by atoms with E-state index in [1.807, 2.05) is 6.92 Å². The fourth-order valence-electron chi connectivity index (χ4n) is 3.66. The Labute approximate surface area is 133 Å². The van der Waals surface area contributed by atoms with Crippen molar-refractivity contribution in [1.29, 1.82) is 0 Å². The molecule has 3 rings (SSSR count). The number of nitrogens with one attached hydrogen (secondary N) is 1. The van der Waals surface area contributed by atoms with Crippen molar-refractivity contribution in [2.45, 2.75) is 44.8 Å². The number of rotatable bonds is 6. The Bertz CT molecular complexity index is 644. The molecule has 3 N–H and O–H groups in total. The third-order valence-electron chi connectivity index (χ3n) is 5.10. The molecule has 0 radical (unpaired) electrons. The fraction of sp³-hybridized carbons (Fsp3) is 0.600. The summed E-state index contributed by atoms with van der Waals surface area (Å²) in [5, 5.41) is 14.1. The molecule has 8 heteroatoms. The van der Waals surface area contributed by atoms with E-state index in [-0.39, 0.29) is 28.8 Å². The molecular formula is C15H20N4O4. The molecule has 1 heterocycles. The van der Waals surface area contributed by atoms with Gasteiger partial charge in [-0.3, -0.25) is 14.9 Å². The van der Waals surface area contributed by atoms with Gasteiger partial charge in [0.2, 0.25) is 0 Å². The van der Waals surface area contributed by atoms with Crippen LogP contribution in [0.3, 0.4) is 0 Å². The zero-order valence-corrected chi connectivity index (χ0v) is 12.9. The van der Waals surface area contributed by atoms with E-state index in [4.69, 9.17) is 10.5 Å². The van der Waals surface area contributed by atoms with Crippen LogP contribution in [0.5, 0.6) is 0 Å². The maximum atomic E-state index is 11.6. The maximum absolute atomic E-state index is 11.6.